The molecule has 324 valence electrons. The number of epoxide rings is 1. The smallest absolute Gasteiger partial charge is 0.225 e. The quantitative estimate of drug-likeness (QED) is 0.0213. The Balaban J connectivity index is 0. The van der Waals surface area contributed by atoms with Gasteiger partial charge in [0, 0.05) is 37.9 Å². The number of ketones is 2. The Bertz CT molecular complexity index is 1080. The predicted molar refractivity (Wildman–Crippen MR) is 231 cm³/mol. The van der Waals surface area contributed by atoms with Gasteiger partial charge in [0.25, 0.3) is 0 Å². The number of unbranched alkanes of at least 4 members (excludes halogenated alkanes) is 1. The normalized spacial score (nSPS) is 20.5. The molecule has 3 fully saturated rings. The van der Waals surface area contributed by atoms with Gasteiger partial charge >= 0.3 is 0 Å². The minimum Gasteiger partial charge on any atom is -0.370 e. The lowest BCUT2D eigenvalue weighted by molar-refractivity contribution is -0.130. The Labute approximate surface area is 337 Å². The number of rotatable bonds is 24. The standard InChI is InChI=1S/C39H70N6O5.C2H6.3CH4/c1-4-5-18-32(37(49)44-35(29(3)47)24-31-16-9-6-7-10-17-31)26-43-36(48)25-34(21-20-30-14-11-8-12-15-30)45-39(27-50-39)33(23-28(2)46)19-13-22-42-38(40)41;1-2;;;/h30-35,45H,4-27H2,1-3H3,(H,43,48)(H,44,49)(H4,40,41,42);1-2H3;3*1H4. The monoisotopic (exact) mass is 781 g/mol. The average Bonchev–Trinajstić information content (AvgIpc) is 3.94. The van der Waals surface area contributed by atoms with Gasteiger partial charge in [0.15, 0.2) is 11.7 Å². The first-order valence-corrected chi connectivity index (χ1v) is 21.0. The molecule has 2 amide bonds. The third-order valence-electron chi connectivity index (χ3n) is 11.4. The molecule has 55 heavy (non-hydrogen) atoms. The summed E-state index contributed by atoms with van der Waals surface area (Å²) in [5.41, 5.74) is 10.4. The van der Waals surface area contributed by atoms with E-state index in [1.807, 2.05) is 13.8 Å². The van der Waals surface area contributed by atoms with E-state index in [-0.39, 0.29) is 76.5 Å². The van der Waals surface area contributed by atoms with Crippen molar-refractivity contribution in [2.75, 3.05) is 19.7 Å². The van der Waals surface area contributed by atoms with Gasteiger partial charge in [-0.25, -0.2) is 0 Å². The Morgan fingerprint density at radius 1 is 0.818 bits per heavy atom. The number of nitrogens with zero attached hydrogens (tertiary/aromatic N) is 1. The molecule has 0 radical (unpaired) electrons. The molecule has 7 N–H and O–H groups in total. The number of carbonyl (C=O) groups excluding carboxylic acids is 4. The van der Waals surface area contributed by atoms with Crippen molar-refractivity contribution in [2.45, 2.75) is 210 Å². The lowest BCUT2D eigenvalue weighted by Gasteiger charge is -2.31. The number of carbonyl (C=O) groups is 4. The second-order valence-corrected chi connectivity index (χ2v) is 15.8. The highest BCUT2D eigenvalue weighted by atomic mass is 16.6. The fraction of sp³-hybridized carbons (Fsp3) is 0.886. The highest BCUT2D eigenvalue weighted by molar-refractivity contribution is 5.88. The number of nitrogens with one attached hydrogen (secondary N) is 3. The molecule has 5 atom stereocenters. The van der Waals surface area contributed by atoms with Crippen molar-refractivity contribution in [2.24, 2.45) is 40.1 Å². The van der Waals surface area contributed by atoms with Gasteiger partial charge in [0.1, 0.15) is 11.5 Å². The molecule has 0 aromatic carbocycles. The van der Waals surface area contributed by atoms with Crippen LogP contribution in [-0.2, 0) is 23.9 Å². The van der Waals surface area contributed by atoms with E-state index >= 15 is 0 Å². The summed E-state index contributed by atoms with van der Waals surface area (Å²) in [6, 6.07) is -0.605. The Morgan fingerprint density at radius 2 is 1.40 bits per heavy atom. The van der Waals surface area contributed by atoms with Gasteiger partial charge in [0.05, 0.1) is 18.6 Å². The maximum Gasteiger partial charge on any atom is 0.225 e. The van der Waals surface area contributed by atoms with Crippen molar-refractivity contribution in [3.8, 4) is 0 Å². The maximum atomic E-state index is 13.6. The van der Waals surface area contributed by atoms with Gasteiger partial charge in [-0.2, -0.15) is 0 Å². The van der Waals surface area contributed by atoms with E-state index in [2.05, 4.69) is 27.9 Å². The van der Waals surface area contributed by atoms with Crippen molar-refractivity contribution >= 4 is 29.3 Å². The first-order chi connectivity index (χ1) is 25.0. The summed E-state index contributed by atoms with van der Waals surface area (Å²) in [4.78, 5) is 56.2. The van der Waals surface area contributed by atoms with Gasteiger partial charge in [-0.1, -0.05) is 127 Å². The van der Waals surface area contributed by atoms with E-state index in [1.54, 1.807) is 13.8 Å². The van der Waals surface area contributed by atoms with Crippen LogP contribution in [0.2, 0.25) is 0 Å². The van der Waals surface area contributed by atoms with Crippen molar-refractivity contribution in [1.29, 1.82) is 0 Å². The molecular formula is C44H88N6O5. The molecule has 1 saturated heterocycles. The van der Waals surface area contributed by atoms with Crippen LogP contribution in [0.15, 0.2) is 4.99 Å². The summed E-state index contributed by atoms with van der Waals surface area (Å²) in [6.45, 7) is 10.5. The summed E-state index contributed by atoms with van der Waals surface area (Å²) in [5.74, 6) is 0.591. The maximum absolute atomic E-state index is 13.6. The zero-order valence-corrected chi connectivity index (χ0v) is 33.6. The molecule has 0 spiro atoms. The molecule has 2 aliphatic carbocycles. The summed E-state index contributed by atoms with van der Waals surface area (Å²) < 4.78 is 6.07. The van der Waals surface area contributed by atoms with E-state index in [9.17, 15) is 19.2 Å². The lowest BCUT2D eigenvalue weighted by Crippen LogP contribution is -2.49. The van der Waals surface area contributed by atoms with Crippen LogP contribution >= 0.6 is 0 Å². The number of Topliss-reactive ketones (excluding diaryl/α,β-unsaturated/α-hetero) is 2. The van der Waals surface area contributed by atoms with E-state index in [4.69, 9.17) is 16.2 Å². The number of hydrogen-bond donors (Lipinski definition) is 5. The van der Waals surface area contributed by atoms with Gasteiger partial charge in [0.2, 0.25) is 11.8 Å². The largest absolute Gasteiger partial charge is 0.370 e. The fourth-order valence-corrected chi connectivity index (χ4v) is 8.25. The highest BCUT2D eigenvalue weighted by Crippen LogP contribution is 2.39. The third-order valence-corrected chi connectivity index (χ3v) is 11.4. The van der Waals surface area contributed by atoms with Crippen LogP contribution < -0.4 is 27.4 Å². The van der Waals surface area contributed by atoms with Crippen molar-refractivity contribution in [1.82, 2.24) is 16.0 Å². The van der Waals surface area contributed by atoms with Crippen LogP contribution in [0.1, 0.15) is 192 Å². The zero-order chi connectivity index (χ0) is 38.4. The molecular weight excluding hydrogens is 693 g/mol. The Kier molecular flexibility index (Phi) is 30.3. The third kappa shape index (κ3) is 22.1. The number of amides is 2. The molecule has 11 heteroatoms. The van der Waals surface area contributed by atoms with Gasteiger partial charge in [-0.3, -0.25) is 24.7 Å². The molecule has 3 aliphatic rings. The molecule has 0 aromatic heterocycles. The Morgan fingerprint density at radius 3 is 1.93 bits per heavy atom. The van der Waals surface area contributed by atoms with Crippen molar-refractivity contribution in [3.05, 3.63) is 0 Å². The zero-order valence-electron chi connectivity index (χ0n) is 33.6. The SMILES string of the molecule is C.C.C.CC.CCCCC(CNC(=O)CC(CCC1CCCCC1)NC1(C(CCCN=C(N)N)CC(C)=O)CO1)C(=O)NC(CC1CCCCCC1)C(C)=O. The van der Waals surface area contributed by atoms with E-state index in [0.717, 1.165) is 51.4 Å². The first-order valence-electron chi connectivity index (χ1n) is 21.0. The topological polar surface area (TPSA) is 181 Å². The molecule has 0 bridgehead atoms. The number of aliphatic imine (C=N–C) groups is 1. The lowest BCUT2D eigenvalue weighted by atomic mass is 9.84. The predicted octanol–water partition coefficient (Wildman–Crippen LogP) is 8.36. The van der Waals surface area contributed by atoms with Crippen LogP contribution in [0.5, 0.6) is 0 Å². The summed E-state index contributed by atoms with van der Waals surface area (Å²) in [5, 5.41) is 9.91. The molecule has 1 heterocycles. The van der Waals surface area contributed by atoms with Crippen LogP contribution in [-0.4, -0.2) is 66.8 Å². The van der Waals surface area contributed by atoms with Crippen LogP contribution in [0.25, 0.3) is 0 Å². The van der Waals surface area contributed by atoms with Crippen LogP contribution in [0.3, 0.4) is 0 Å². The number of ether oxygens (including phenoxy) is 1. The minimum absolute atomic E-state index is 0. The summed E-state index contributed by atoms with van der Waals surface area (Å²) in [7, 11) is 0. The van der Waals surface area contributed by atoms with Gasteiger partial charge in [-0.05, 0) is 64.2 Å². The van der Waals surface area contributed by atoms with E-state index in [0.29, 0.717) is 44.2 Å². The van der Waals surface area contributed by atoms with Gasteiger partial charge < -0.3 is 31.6 Å². The van der Waals surface area contributed by atoms with Crippen LogP contribution in [0.4, 0.5) is 0 Å². The van der Waals surface area contributed by atoms with Crippen molar-refractivity contribution in [3.63, 3.8) is 0 Å². The van der Waals surface area contributed by atoms with E-state index in [1.165, 1.54) is 57.8 Å². The molecule has 3 rings (SSSR count). The number of nitrogens with two attached hydrogens (primary N) is 2. The summed E-state index contributed by atoms with van der Waals surface area (Å²) in [6.07, 6.45) is 20.5. The van der Waals surface area contributed by atoms with Gasteiger partial charge in [-0.15, -0.1) is 0 Å². The number of guanidine groups is 1. The average molecular weight is 781 g/mol. The number of hydrogen-bond acceptors (Lipinski definition) is 7. The molecule has 2 saturated carbocycles. The first kappa shape index (κ1) is 54.6. The summed E-state index contributed by atoms with van der Waals surface area (Å²) >= 11 is 0. The van der Waals surface area contributed by atoms with Crippen LogP contribution in [0, 0.1) is 23.7 Å². The minimum atomic E-state index is -0.649. The molecule has 11 nitrogen and oxygen atoms in total. The second-order valence-electron chi connectivity index (χ2n) is 15.8. The fourth-order valence-electron chi connectivity index (χ4n) is 8.25. The van der Waals surface area contributed by atoms with Crippen molar-refractivity contribution < 1.29 is 23.9 Å². The molecule has 0 aromatic rings. The highest BCUT2D eigenvalue weighted by Gasteiger charge is 2.52. The second kappa shape index (κ2) is 30.6. The molecule has 1 aliphatic heterocycles. The Hall–Kier alpha value is -2.53. The molecule has 5 unspecified atom stereocenters. The van der Waals surface area contributed by atoms with E-state index < -0.39 is 17.7 Å².